The van der Waals surface area contributed by atoms with Crippen molar-refractivity contribution < 1.29 is 36.6 Å². The van der Waals surface area contributed by atoms with Crippen molar-refractivity contribution in [1.29, 1.82) is 0 Å². The van der Waals surface area contributed by atoms with Crippen LogP contribution in [0, 0.1) is 22.7 Å². The van der Waals surface area contributed by atoms with Crippen molar-refractivity contribution in [1.82, 2.24) is 30.6 Å². The number of rotatable bonds is 10. The molecule has 2 aromatic heterocycles. The van der Waals surface area contributed by atoms with E-state index in [1.807, 2.05) is 65.8 Å². The van der Waals surface area contributed by atoms with Crippen LogP contribution in [-0.2, 0) is 19.1 Å². The third-order valence-electron chi connectivity index (χ3n) is 12.0. The number of carbonyl (C=O) groups excluding carboxylic acids is 2. The van der Waals surface area contributed by atoms with Gasteiger partial charge in [0.25, 0.3) is 23.7 Å². The topological polar surface area (TPSA) is 134 Å². The number of halogens is 4. The summed E-state index contributed by atoms with van der Waals surface area (Å²) in [6, 6.07) is 15.2. The number of amides is 2. The highest BCUT2D eigenvalue weighted by atomic mass is 19.3. The summed E-state index contributed by atoms with van der Waals surface area (Å²) in [5.74, 6) is 0.968. The quantitative estimate of drug-likeness (QED) is 0.0931. The number of hydrogen-bond acceptors (Lipinski definition) is 6. The van der Waals surface area contributed by atoms with Gasteiger partial charge in [0.1, 0.15) is 36.1 Å². The second kappa shape index (κ2) is 15.5. The number of H-pyrrole nitrogens is 2. The molecule has 14 heteroatoms. The highest BCUT2D eigenvalue weighted by Crippen LogP contribution is 2.41. The van der Waals surface area contributed by atoms with E-state index in [4.69, 9.17) is 9.47 Å². The molecule has 1 unspecified atom stereocenters. The fourth-order valence-corrected chi connectivity index (χ4v) is 7.78. The van der Waals surface area contributed by atoms with Crippen molar-refractivity contribution in [2.75, 3.05) is 13.2 Å². The van der Waals surface area contributed by atoms with Gasteiger partial charge in [-0.15, -0.1) is 0 Å². The number of nitrogens with zero attached hydrogens (tertiary/aromatic N) is 2. The van der Waals surface area contributed by atoms with Crippen molar-refractivity contribution in [3.05, 3.63) is 83.7 Å². The maximum atomic E-state index is 13.8. The number of aromatic amines is 2. The van der Waals surface area contributed by atoms with Crippen molar-refractivity contribution >= 4 is 11.8 Å². The number of carbonyl (C=O) groups is 2. The van der Waals surface area contributed by atoms with Gasteiger partial charge in [0, 0.05) is 12.8 Å². The predicted molar refractivity (Wildman–Crippen MR) is 219 cm³/mol. The molecule has 320 valence electrons. The molecule has 2 aliphatic heterocycles. The van der Waals surface area contributed by atoms with Crippen LogP contribution in [0.4, 0.5) is 17.6 Å². The van der Waals surface area contributed by atoms with Crippen LogP contribution in [0.3, 0.4) is 0 Å². The first-order chi connectivity index (χ1) is 28.0. The molecule has 0 bridgehead atoms. The highest BCUT2D eigenvalue weighted by Gasteiger charge is 2.49. The summed E-state index contributed by atoms with van der Waals surface area (Å²) in [4.78, 5) is 42.7. The molecule has 2 saturated heterocycles. The van der Waals surface area contributed by atoms with Crippen molar-refractivity contribution in [2.24, 2.45) is 10.8 Å². The summed E-state index contributed by atoms with van der Waals surface area (Å²) in [6.07, 6.45) is 2.45. The Morgan fingerprint density at radius 2 is 1.00 bits per heavy atom. The number of benzene rings is 2. The maximum absolute atomic E-state index is 13.8. The number of ether oxygens (including phenoxy) is 2. The minimum atomic E-state index is -2.94. The Balaban J connectivity index is 0.993. The van der Waals surface area contributed by atoms with E-state index in [0.717, 1.165) is 33.6 Å². The number of alkyl halides is 4. The second-order valence-corrected chi connectivity index (χ2v) is 19.1. The lowest BCUT2D eigenvalue weighted by Crippen LogP contribution is -2.54. The average molecular weight is 831 g/mol. The summed E-state index contributed by atoms with van der Waals surface area (Å²) in [7, 11) is 0. The summed E-state index contributed by atoms with van der Waals surface area (Å²) >= 11 is 0. The van der Waals surface area contributed by atoms with Crippen LogP contribution in [0.5, 0.6) is 0 Å². The van der Waals surface area contributed by atoms with Crippen LogP contribution in [0.15, 0.2) is 60.9 Å². The molecule has 10 nitrogen and oxygen atoms in total. The van der Waals surface area contributed by atoms with Crippen LogP contribution < -0.4 is 10.6 Å². The SMILES string of the molecule is CC(C)(C)C(NC(=O)[C@@]1(C)CCC(F)(F)CO1)c1ncc(-c2ccc([C@H]3C#C[C@@H]3c3ccc(-c4cnc([C@@H](NC(=O)[C@@]5(C)CCC(F)(F)CO5)C(C)(C)C)[nH]4)cc3)cc2)[nH]1. The Bertz CT molecular complexity index is 2100. The van der Waals surface area contributed by atoms with E-state index in [0.29, 0.717) is 11.6 Å². The Morgan fingerprint density at radius 3 is 1.28 bits per heavy atom. The van der Waals surface area contributed by atoms with Gasteiger partial charge in [-0.3, -0.25) is 9.59 Å². The number of aromatic nitrogens is 4. The summed E-state index contributed by atoms with van der Waals surface area (Å²) < 4.78 is 65.9. The smallest absolute Gasteiger partial charge is 0.271 e. The lowest BCUT2D eigenvalue weighted by atomic mass is 9.76. The maximum Gasteiger partial charge on any atom is 0.271 e. The Morgan fingerprint density at radius 1 is 0.650 bits per heavy atom. The Hall–Kier alpha value is -5.00. The molecule has 4 heterocycles. The molecule has 0 radical (unpaired) electrons. The van der Waals surface area contributed by atoms with Crippen LogP contribution in [0.25, 0.3) is 22.5 Å². The molecule has 4 aromatic rings. The van der Waals surface area contributed by atoms with Crippen molar-refractivity contribution in [2.45, 2.75) is 128 Å². The number of imidazole rings is 2. The van der Waals surface area contributed by atoms with Gasteiger partial charge in [-0.25, -0.2) is 27.5 Å². The monoisotopic (exact) mass is 830 g/mol. The van der Waals surface area contributed by atoms with Gasteiger partial charge in [0.05, 0.1) is 47.7 Å². The van der Waals surface area contributed by atoms with Crippen molar-refractivity contribution in [3.63, 3.8) is 0 Å². The summed E-state index contributed by atoms with van der Waals surface area (Å²) in [5, 5.41) is 6.04. The number of hydrogen-bond donors (Lipinski definition) is 4. The third-order valence-corrected chi connectivity index (χ3v) is 12.0. The lowest BCUT2D eigenvalue weighted by Gasteiger charge is -2.38. The molecule has 7 rings (SSSR count). The first kappa shape index (κ1) is 43.1. The second-order valence-electron chi connectivity index (χ2n) is 19.1. The zero-order valence-corrected chi connectivity index (χ0v) is 35.4. The third kappa shape index (κ3) is 9.03. The van der Waals surface area contributed by atoms with E-state index >= 15 is 0 Å². The van der Waals surface area contributed by atoms with E-state index in [2.05, 4.69) is 66.7 Å². The first-order valence-electron chi connectivity index (χ1n) is 20.4. The molecular formula is C46H54F4N6O4. The zero-order valence-electron chi connectivity index (χ0n) is 35.4. The van der Waals surface area contributed by atoms with Gasteiger partial charge in [-0.05, 0) is 59.8 Å². The van der Waals surface area contributed by atoms with E-state index in [1.165, 1.54) is 0 Å². The molecule has 6 atom stereocenters. The van der Waals surface area contributed by atoms with Gasteiger partial charge < -0.3 is 30.1 Å². The van der Waals surface area contributed by atoms with Gasteiger partial charge >= 0.3 is 0 Å². The van der Waals surface area contributed by atoms with Gasteiger partial charge in [-0.2, -0.15) is 0 Å². The largest absolute Gasteiger partial charge is 0.359 e. The van der Waals surface area contributed by atoms with E-state index in [-0.39, 0.29) is 24.7 Å². The molecule has 2 amide bonds. The molecule has 1 aliphatic carbocycles. The number of nitrogens with one attached hydrogen (secondary N) is 4. The van der Waals surface area contributed by atoms with Gasteiger partial charge in [0.15, 0.2) is 0 Å². The first-order valence-corrected chi connectivity index (χ1v) is 20.4. The summed E-state index contributed by atoms with van der Waals surface area (Å²) in [6.45, 7) is 13.4. The minimum Gasteiger partial charge on any atom is -0.359 e. The fraction of sp³-hybridized carbons (Fsp3) is 0.522. The van der Waals surface area contributed by atoms with E-state index in [9.17, 15) is 27.2 Å². The Kier molecular flexibility index (Phi) is 11.1. The predicted octanol–water partition coefficient (Wildman–Crippen LogP) is 9.17. The molecule has 60 heavy (non-hydrogen) atoms. The fourth-order valence-electron chi connectivity index (χ4n) is 7.78. The van der Waals surface area contributed by atoms with Crippen LogP contribution >= 0.6 is 0 Å². The van der Waals surface area contributed by atoms with Crippen LogP contribution in [0.1, 0.15) is 128 Å². The molecule has 0 spiro atoms. The van der Waals surface area contributed by atoms with E-state index in [1.54, 1.807) is 26.2 Å². The van der Waals surface area contributed by atoms with Crippen LogP contribution in [0.2, 0.25) is 0 Å². The normalized spacial score (nSPS) is 25.9. The van der Waals surface area contributed by atoms with Crippen molar-refractivity contribution in [3.8, 4) is 34.4 Å². The molecule has 2 aromatic carbocycles. The molecule has 3 aliphatic rings. The molecule has 2 fully saturated rings. The van der Waals surface area contributed by atoms with Gasteiger partial charge in [0.2, 0.25) is 0 Å². The minimum absolute atomic E-state index is 0.00201. The lowest BCUT2D eigenvalue weighted by molar-refractivity contribution is -0.190. The molecule has 4 N–H and O–H groups in total. The molecule has 0 saturated carbocycles. The summed E-state index contributed by atoms with van der Waals surface area (Å²) in [5.41, 5.74) is 1.88. The van der Waals surface area contributed by atoms with E-state index < -0.39 is 83.8 Å². The Labute approximate surface area is 348 Å². The van der Waals surface area contributed by atoms with Crippen LogP contribution in [-0.4, -0.2) is 68.0 Å². The standard InChI is InChI=1S/C46H54F4N6O4/c1-41(2,3)35(55-39(57)43(7)19-21-45(47,48)25-59-43)37-51-23-33(53-37)29-13-9-27(10-14-29)31-17-18-32(31)28-11-15-30(16-12-28)34-24-52-38(54-34)36(42(4,5)6)56-40(58)44(8)20-22-46(49,50)26-60-44/h9-16,23-24,31-32,35-36H,19-22,25-26H2,1-8H3,(H,51,53)(H,52,54)(H,55,57)(H,56,58)/t31-,32-,35-,36?,43-,44-/m1/s1. The van der Waals surface area contributed by atoms with Gasteiger partial charge in [-0.1, -0.05) is 102 Å². The highest BCUT2D eigenvalue weighted by molar-refractivity contribution is 5.86. The average Bonchev–Trinajstić information content (AvgIpc) is 3.86. The molecular weight excluding hydrogens is 777 g/mol. The zero-order chi connectivity index (χ0) is 43.5.